The molecule has 1 heterocycles. The monoisotopic (exact) mass is 426 g/mol. The quantitative estimate of drug-likeness (QED) is 0.688. The maximum absolute atomic E-state index is 12.7. The molecule has 1 aromatic carbocycles. The zero-order chi connectivity index (χ0) is 17.6. The SMILES string of the molecule is Cc1cc(Br)cc(NC(=O)c2cc(C3CC3)n(C(C)(C)C)n2)c1N.Cl. The van der Waals surface area contributed by atoms with Gasteiger partial charge in [0.25, 0.3) is 5.91 Å². The van der Waals surface area contributed by atoms with Crippen LogP contribution in [0.25, 0.3) is 0 Å². The number of nitrogens with one attached hydrogen (secondary N) is 1. The molecule has 3 rings (SSSR count). The van der Waals surface area contributed by atoms with Crippen molar-refractivity contribution in [3.05, 3.63) is 39.6 Å². The van der Waals surface area contributed by atoms with E-state index in [-0.39, 0.29) is 23.9 Å². The van der Waals surface area contributed by atoms with Crippen molar-refractivity contribution in [3.63, 3.8) is 0 Å². The Balaban J connectivity index is 0.00000225. The molecule has 0 spiro atoms. The number of nitrogens with two attached hydrogens (primary N) is 1. The Labute approximate surface area is 162 Å². The summed E-state index contributed by atoms with van der Waals surface area (Å²) in [6.45, 7) is 8.21. The minimum Gasteiger partial charge on any atom is -0.397 e. The fourth-order valence-corrected chi connectivity index (χ4v) is 3.33. The first-order valence-electron chi connectivity index (χ1n) is 8.14. The Kier molecular flexibility index (Phi) is 5.54. The molecular formula is C18H24BrClN4O. The number of anilines is 2. The maximum Gasteiger partial charge on any atom is 0.276 e. The number of hydrogen-bond donors (Lipinski definition) is 2. The first kappa shape index (κ1) is 19.8. The lowest BCUT2D eigenvalue weighted by molar-refractivity contribution is 0.102. The highest BCUT2D eigenvalue weighted by Crippen LogP contribution is 2.41. The summed E-state index contributed by atoms with van der Waals surface area (Å²) in [4.78, 5) is 12.7. The lowest BCUT2D eigenvalue weighted by Crippen LogP contribution is -2.25. The molecule has 2 aromatic rings. The molecule has 1 fully saturated rings. The molecule has 0 unspecified atom stereocenters. The van der Waals surface area contributed by atoms with Crippen LogP contribution in [0.5, 0.6) is 0 Å². The van der Waals surface area contributed by atoms with Crippen molar-refractivity contribution in [2.45, 2.75) is 52.0 Å². The van der Waals surface area contributed by atoms with Gasteiger partial charge < -0.3 is 11.1 Å². The molecule has 0 saturated heterocycles. The Bertz CT molecular complexity index is 806. The molecule has 0 bridgehead atoms. The molecule has 1 aromatic heterocycles. The van der Waals surface area contributed by atoms with Gasteiger partial charge in [0.1, 0.15) is 0 Å². The zero-order valence-corrected chi connectivity index (χ0v) is 17.3. The number of rotatable bonds is 3. The Morgan fingerprint density at radius 2 is 1.96 bits per heavy atom. The van der Waals surface area contributed by atoms with E-state index in [1.165, 1.54) is 12.8 Å². The van der Waals surface area contributed by atoms with Crippen molar-refractivity contribution < 1.29 is 4.79 Å². The van der Waals surface area contributed by atoms with Crippen LogP contribution in [-0.2, 0) is 5.54 Å². The van der Waals surface area contributed by atoms with E-state index in [2.05, 4.69) is 47.1 Å². The van der Waals surface area contributed by atoms with E-state index >= 15 is 0 Å². The van der Waals surface area contributed by atoms with Crippen molar-refractivity contribution in [3.8, 4) is 0 Å². The maximum atomic E-state index is 12.7. The lowest BCUT2D eigenvalue weighted by atomic mass is 10.1. The molecule has 5 nitrogen and oxygen atoms in total. The summed E-state index contributed by atoms with van der Waals surface area (Å²) in [6, 6.07) is 5.65. The summed E-state index contributed by atoms with van der Waals surface area (Å²) in [5, 5.41) is 7.46. The van der Waals surface area contributed by atoms with Gasteiger partial charge >= 0.3 is 0 Å². The van der Waals surface area contributed by atoms with E-state index in [1.54, 1.807) is 0 Å². The van der Waals surface area contributed by atoms with E-state index in [4.69, 9.17) is 5.73 Å². The number of carbonyl (C=O) groups excluding carboxylic acids is 1. The van der Waals surface area contributed by atoms with E-state index in [1.807, 2.05) is 29.8 Å². The van der Waals surface area contributed by atoms with Crippen LogP contribution in [0.2, 0.25) is 0 Å². The number of halogens is 2. The first-order valence-corrected chi connectivity index (χ1v) is 8.93. The van der Waals surface area contributed by atoms with Crippen molar-refractivity contribution in [1.29, 1.82) is 0 Å². The molecule has 136 valence electrons. The van der Waals surface area contributed by atoms with E-state index in [0.717, 1.165) is 15.7 Å². The van der Waals surface area contributed by atoms with Gasteiger partial charge in [0.2, 0.25) is 0 Å². The Morgan fingerprint density at radius 1 is 1.32 bits per heavy atom. The number of nitrogen functional groups attached to an aromatic ring is 1. The van der Waals surface area contributed by atoms with Crippen LogP contribution in [0, 0.1) is 6.92 Å². The van der Waals surface area contributed by atoms with Crippen molar-refractivity contribution in [2.24, 2.45) is 0 Å². The second-order valence-electron chi connectivity index (χ2n) is 7.45. The summed E-state index contributed by atoms with van der Waals surface area (Å²) in [5.41, 5.74) is 9.60. The second-order valence-corrected chi connectivity index (χ2v) is 8.37. The highest BCUT2D eigenvalue weighted by Gasteiger charge is 2.32. The molecule has 3 N–H and O–H groups in total. The molecule has 1 saturated carbocycles. The average Bonchev–Trinajstić information content (AvgIpc) is 3.21. The summed E-state index contributed by atoms with van der Waals surface area (Å²) < 4.78 is 2.86. The van der Waals surface area contributed by atoms with Crippen molar-refractivity contribution in [1.82, 2.24) is 9.78 Å². The van der Waals surface area contributed by atoms with E-state index in [9.17, 15) is 4.79 Å². The number of aromatic nitrogens is 2. The van der Waals surface area contributed by atoms with Gasteiger partial charge in [-0.3, -0.25) is 9.48 Å². The largest absolute Gasteiger partial charge is 0.397 e. The fraction of sp³-hybridized carbons (Fsp3) is 0.444. The number of amides is 1. The minimum atomic E-state index is -0.232. The third-order valence-electron chi connectivity index (χ3n) is 4.20. The first-order chi connectivity index (χ1) is 11.2. The molecule has 25 heavy (non-hydrogen) atoms. The van der Waals surface area contributed by atoms with Crippen LogP contribution in [0.4, 0.5) is 11.4 Å². The van der Waals surface area contributed by atoms with Gasteiger partial charge in [-0.25, -0.2) is 0 Å². The molecule has 0 atom stereocenters. The van der Waals surface area contributed by atoms with Crippen LogP contribution in [0.1, 0.15) is 61.3 Å². The number of hydrogen-bond acceptors (Lipinski definition) is 3. The Morgan fingerprint density at radius 3 is 2.52 bits per heavy atom. The molecule has 0 radical (unpaired) electrons. The third kappa shape index (κ3) is 4.18. The highest BCUT2D eigenvalue weighted by atomic mass is 79.9. The number of carbonyl (C=O) groups is 1. The summed E-state index contributed by atoms with van der Waals surface area (Å²) in [7, 11) is 0. The van der Waals surface area contributed by atoms with Crippen LogP contribution in [0.15, 0.2) is 22.7 Å². The summed E-state index contributed by atoms with van der Waals surface area (Å²) >= 11 is 3.44. The molecular weight excluding hydrogens is 404 g/mol. The molecule has 1 amide bonds. The van der Waals surface area contributed by atoms with Crippen LogP contribution >= 0.6 is 28.3 Å². The van der Waals surface area contributed by atoms with E-state index in [0.29, 0.717) is 23.0 Å². The Hall–Kier alpha value is -1.53. The van der Waals surface area contributed by atoms with Gasteiger partial charge in [0.15, 0.2) is 5.69 Å². The predicted octanol–water partition coefficient (Wildman–Crippen LogP) is 4.84. The second kappa shape index (κ2) is 7.00. The van der Waals surface area contributed by atoms with E-state index < -0.39 is 0 Å². The highest BCUT2D eigenvalue weighted by molar-refractivity contribution is 9.10. The van der Waals surface area contributed by atoms with Gasteiger partial charge in [-0.15, -0.1) is 12.4 Å². The topological polar surface area (TPSA) is 72.9 Å². The van der Waals surface area contributed by atoms with Crippen molar-refractivity contribution >= 4 is 45.6 Å². The van der Waals surface area contributed by atoms with Crippen molar-refractivity contribution in [2.75, 3.05) is 11.1 Å². The van der Waals surface area contributed by atoms with Crippen LogP contribution < -0.4 is 11.1 Å². The fourth-order valence-electron chi connectivity index (χ4n) is 2.76. The van der Waals surface area contributed by atoms with Gasteiger partial charge in [-0.2, -0.15) is 5.10 Å². The average molecular weight is 428 g/mol. The number of nitrogens with zero attached hydrogens (tertiary/aromatic N) is 2. The van der Waals surface area contributed by atoms with Gasteiger partial charge in [0, 0.05) is 16.1 Å². The standard InChI is InChI=1S/C18H23BrN4O.ClH/c1-10-7-12(19)8-13(16(10)20)21-17(24)14-9-15(11-5-6-11)23(22-14)18(2,3)4;/h7-9,11H,5-6,20H2,1-4H3,(H,21,24);1H. The van der Waals surface area contributed by atoms with Crippen LogP contribution in [-0.4, -0.2) is 15.7 Å². The summed E-state index contributed by atoms with van der Waals surface area (Å²) in [5.74, 6) is 0.292. The predicted molar refractivity (Wildman–Crippen MR) is 108 cm³/mol. The molecule has 1 aliphatic carbocycles. The summed E-state index contributed by atoms with van der Waals surface area (Å²) in [6.07, 6.45) is 2.33. The normalized spacial score (nSPS) is 14.1. The number of aryl methyl sites for hydroxylation is 1. The smallest absolute Gasteiger partial charge is 0.276 e. The van der Waals surface area contributed by atoms with Gasteiger partial charge in [-0.1, -0.05) is 15.9 Å². The molecule has 7 heteroatoms. The number of benzene rings is 1. The van der Waals surface area contributed by atoms with Gasteiger partial charge in [-0.05, 0) is 64.3 Å². The molecule has 0 aliphatic heterocycles. The third-order valence-corrected chi connectivity index (χ3v) is 4.66. The molecule has 1 aliphatic rings. The minimum absolute atomic E-state index is 0. The lowest BCUT2D eigenvalue weighted by Gasteiger charge is -2.22. The zero-order valence-electron chi connectivity index (χ0n) is 14.9. The van der Waals surface area contributed by atoms with Crippen LogP contribution in [0.3, 0.4) is 0 Å². The van der Waals surface area contributed by atoms with Gasteiger partial charge in [0.05, 0.1) is 16.9 Å².